The van der Waals surface area contributed by atoms with Crippen LogP contribution in [0.1, 0.15) is 0 Å². The molecule has 2 heterocycles. The molecule has 0 spiro atoms. The maximum atomic E-state index is 5.24. The summed E-state index contributed by atoms with van der Waals surface area (Å²) in [5.74, 6) is 0.680. The van der Waals surface area contributed by atoms with Gasteiger partial charge in [-0.25, -0.2) is 9.97 Å². The Morgan fingerprint density at radius 3 is 1.45 bits per heavy atom. The minimum absolute atomic E-state index is 0.680. The lowest BCUT2D eigenvalue weighted by atomic mass is 9.92. The normalized spacial score (nSPS) is 11.4. The number of rotatable bonds is 6. The van der Waals surface area contributed by atoms with Crippen molar-refractivity contribution in [2.45, 2.75) is 0 Å². The SMILES string of the molecule is c1ccc(-c2ccc(-c3cc(-c4cccc(-c5cncc6ccccc56)c4)nc(-c4ccc(-c5ccc6c7ccccc7c7ccccc7c6c5)cc4)n3)cc2)cc1. The van der Waals surface area contributed by atoms with E-state index in [4.69, 9.17) is 9.97 Å². The Hall–Kier alpha value is -7.75. The number of pyridine rings is 1. The van der Waals surface area contributed by atoms with E-state index in [1.165, 1.54) is 54.4 Å². The molecular weight excluding hydrogens is 703 g/mol. The van der Waals surface area contributed by atoms with Crippen molar-refractivity contribution >= 4 is 43.1 Å². The van der Waals surface area contributed by atoms with Crippen molar-refractivity contribution < 1.29 is 0 Å². The molecule has 0 saturated heterocycles. The molecule has 0 aliphatic carbocycles. The first-order valence-corrected chi connectivity index (χ1v) is 19.7. The van der Waals surface area contributed by atoms with Crippen LogP contribution in [-0.2, 0) is 0 Å². The molecule has 3 nitrogen and oxygen atoms in total. The second kappa shape index (κ2) is 14.1. The predicted molar refractivity (Wildman–Crippen MR) is 242 cm³/mol. The third-order valence-electron chi connectivity index (χ3n) is 11.4. The van der Waals surface area contributed by atoms with Gasteiger partial charge in [-0.2, -0.15) is 0 Å². The first kappa shape index (κ1) is 33.6. The molecule has 2 aromatic heterocycles. The molecule has 0 aliphatic rings. The number of benzene rings is 9. The summed E-state index contributed by atoms with van der Waals surface area (Å²) in [5.41, 5.74) is 11.6. The molecule has 11 rings (SSSR count). The standard InChI is InChI=1S/C55H35N3/c1-2-11-36(12-3-1)37-21-25-39(26-22-37)53-33-54(43-15-10-14-42(31-43)52-35-56-34-44-13-4-5-16-45(44)52)58-55(57-53)40-27-23-38(24-28-40)41-29-30-50-48-19-7-6-17-46(48)47-18-8-9-20-49(47)51(50)32-41/h1-35H. The third kappa shape index (κ3) is 5.98. The van der Waals surface area contributed by atoms with Gasteiger partial charge in [-0.15, -0.1) is 0 Å². The topological polar surface area (TPSA) is 38.7 Å². The quantitative estimate of drug-likeness (QED) is 0.160. The van der Waals surface area contributed by atoms with Gasteiger partial charge in [0.15, 0.2) is 5.82 Å². The van der Waals surface area contributed by atoms with Crippen LogP contribution in [0.3, 0.4) is 0 Å². The molecule has 3 heteroatoms. The van der Waals surface area contributed by atoms with Gasteiger partial charge in [0.05, 0.1) is 11.4 Å². The summed E-state index contributed by atoms with van der Waals surface area (Å²) in [6.45, 7) is 0. The van der Waals surface area contributed by atoms with Crippen LogP contribution < -0.4 is 0 Å². The van der Waals surface area contributed by atoms with Gasteiger partial charge < -0.3 is 0 Å². The maximum Gasteiger partial charge on any atom is 0.160 e. The largest absolute Gasteiger partial charge is 0.263 e. The van der Waals surface area contributed by atoms with E-state index in [-0.39, 0.29) is 0 Å². The summed E-state index contributed by atoms with van der Waals surface area (Å²) in [5, 5.41) is 9.93. The van der Waals surface area contributed by atoms with Crippen molar-refractivity contribution in [3.63, 3.8) is 0 Å². The van der Waals surface area contributed by atoms with Gasteiger partial charge >= 0.3 is 0 Å². The van der Waals surface area contributed by atoms with Gasteiger partial charge in [-0.1, -0.05) is 182 Å². The van der Waals surface area contributed by atoms with E-state index < -0.39 is 0 Å². The molecule has 58 heavy (non-hydrogen) atoms. The Labute approximate surface area is 336 Å². The van der Waals surface area contributed by atoms with Gasteiger partial charge in [0.2, 0.25) is 0 Å². The zero-order chi connectivity index (χ0) is 38.4. The second-order valence-electron chi connectivity index (χ2n) is 14.8. The Morgan fingerprint density at radius 2 is 0.741 bits per heavy atom. The number of fused-ring (bicyclic) bond motifs is 7. The highest BCUT2D eigenvalue weighted by molar-refractivity contribution is 6.25. The van der Waals surface area contributed by atoms with Crippen molar-refractivity contribution in [1.82, 2.24) is 15.0 Å². The maximum absolute atomic E-state index is 5.24. The molecule has 0 atom stereocenters. The summed E-state index contributed by atoms with van der Waals surface area (Å²) in [6, 6.07) is 71.2. The summed E-state index contributed by atoms with van der Waals surface area (Å²) in [6.07, 6.45) is 3.87. The molecule has 0 aliphatic heterocycles. The van der Waals surface area contributed by atoms with E-state index >= 15 is 0 Å². The molecule has 0 bridgehead atoms. The van der Waals surface area contributed by atoms with Gasteiger partial charge in [0, 0.05) is 40.0 Å². The highest BCUT2D eigenvalue weighted by Gasteiger charge is 2.14. The highest BCUT2D eigenvalue weighted by Crippen LogP contribution is 2.38. The first-order valence-electron chi connectivity index (χ1n) is 19.7. The van der Waals surface area contributed by atoms with Crippen molar-refractivity contribution in [1.29, 1.82) is 0 Å². The van der Waals surface area contributed by atoms with Crippen molar-refractivity contribution in [3.05, 3.63) is 213 Å². The Kier molecular flexibility index (Phi) is 8.15. The molecule has 0 radical (unpaired) electrons. The lowest BCUT2D eigenvalue weighted by Crippen LogP contribution is -1.96. The van der Waals surface area contributed by atoms with E-state index in [1.54, 1.807) is 0 Å². The number of hydrogen-bond donors (Lipinski definition) is 0. The van der Waals surface area contributed by atoms with E-state index in [0.29, 0.717) is 5.82 Å². The summed E-state index contributed by atoms with van der Waals surface area (Å²) in [7, 11) is 0. The van der Waals surface area contributed by atoms with Crippen LogP contribution in [0.4, 0.5) is 0 Å². The van der Waals surface area contributed by atoms with Crippen LogP contribution in [0.25, 0.3) is 110 Å². The molecule has 11 aromatic rings. The van der Waals surface area contributed by atoms with Crippen LogP contribution in [0.2, 0.25) is 0 Å². The Balaban J connectivity index is 1.01. The van der Waals surface area contributed by atoms with Gasteiger partial charge in [-0.3, -0.25) is 4.98 Å². The lowest BCUT2D eigenvalue weighted by Gasteiger charge is -2.13. The van der Waals surface area contributed by atoms with Crippen LogP contribution in [0.15, 0.2) is 213 Å². The number of aromatic nitrogens is 3. The minimum atomic E-state index is 0.680. The molecule has 9 aromatic carbocycles. The Bertz CT molecular complexity index is 3270. The monoisotopic (exact) mass is 737 g/mol. The fraction of sp³-hybridized carbons (Fsp3) is 0. The van der Waals surface area contributed by atoms with E-state index in [1.807, 2.05) is 18.5 Å². The smallest absolute Gasteiger partial charge is 0.160 e. The van der Waals surface area contributed by atoms with E-state index in [0.717, 1.165) is 50.2 Å². The van der Waals surface area contributed by atoms with Crippen molar-refractivity contribution in [3.8, 4) is 67.3 Å². The van der Waals surface area contributed by atoms with Gasteiger partial charge in [0.25, 0.3) is 0 Å². The van der Waals surface area contributed by atoms with E-state index in [9.17, 15) is 0 Å². The summed E-state index contributed by atoms with van der Waals surface area (Å²) in [4.78, 5) is 15.0. The average Bonchev–Trinajstić information content (AvgIpc) is 3.31. The van der Waals surface area contributed by atoms with Gasteiger partial charge in [-0.05, 0) is 83.7 Å². The molecule has 0 saturated carbocycles. The third-order valence-corrected chi connectivity index (χ3v) is 11.4. The van der Waals surface area contributed by atoms with Crippen LogP contribution in [0, 0.1) is 0 Å². The van der Waals surface area contributed by atoms with Crippen molar-refractivity contribution in [2.24, 2.45) is 0 Å². The number of nitrogens with zero attached hydrogens (tertiary/aromatic N) is 3. The molecular formula is C55H35N3. The molecule has 270 valence electrons. The fourth-order valence-electron chi connectivity index (χ4n) is 8.43. The molecule has 0 unspecified atom stereocenters. The Morgan fingerprint density at radius 1 is 0.259 bits per heavy atom. The zero-order valence-corrected chi connectivity index (χ0v) is 31.5. The second-order valence-corrected chi connectivity index (χ2v) is 14.8. The van der Waals surface area contributed by atoms with Gasteiger partial charge in [0.1, 0.15) is 0 Å². The predicted octanol–water partition coefficient (Wildman–Crippen LogP) is 14.5. The summed E-state index contributed by atoms with van der Waals surface area (Å²) >= 11 is 0. The number of hydrogen-bond acceptors (Lipinski definition) is 3. The molecule has 0 fully saturated rings. The average molecular weight is 738 g/mol. The van der Waals surface area contributed by atoms with Crippen LogP contribution in [0.5, 0.6) is 0 Å². The molecule has 0 amide bonds. The van der Waals surface area contributed by atoms with E-state index in [2.05, 4.69) is 199 Å². The minimum Gasteiger partial charge on any atom is -0.263 e. The lowest BCUT2D eigenvalue weighted by molar-refractivity contribution is 1.18. The zero-order valence-electron chi connectivity index (χ0n) is 31.5. The first-order chi connectivity index (χ1) is 28.7. The molecule has 0 N–H and O–H groups in total. The highest BCUT2D eigenvalue weighted by atomic mass is 14.9. The van der Waals surface area contributed by atoms with Crippen LogP contribution in [-0.4, -0.2) is 15.0 Å². The van der Waals surface area contributed by atoms with Crippen molar-refractivity contribution in [2.75, 3.05) is 0 Å². The van der Waals surface area contributed by atoms with Crippen LogP contribution >= 0.6 is 0 Å². The fourth-order valence-corrected chi connectivity index (χ4v) is 8.43. The summed E-state index contributed by atoms with van der Waals surface area (Å²) < 4.78 is 0.